The predicted molar refractivity (Wildman–Crippen MR) is 81.4 cm³/mol. The summed E-state index contributed by atoms with van der Waals surface area (Å²) in [5.74, 6) is 0. The van der Waals surface area contributed by atoms with Crippen molar-refractivity contribution in [2.24, 2.45) is 0 Å². The Labute approximate surface area is 117 Å². The van der Waals surface area contributed by atoms with Crippen molar-refractivity contribution >= 4 is 16.6 Å². The van der Waals surface area contributed by atoms with Crippen LogP contribution in [-0.4, -0.2) is 10.1 Å². The molecule has 0 amide bonds. The highest BCUT2D eigenvalue weighted by Gasteiger charge is 2.01. The number of aliphatic hydroxyl groups excluding tert-OH is 1. The molecule has 2 aromatic carbocycles. The van der Waals surface area contributed by atoms with Crippen molar-refractivity contribution in [2.75, 3.05) is 5.32 Å². The molecule has 20 heavy (non-hydrogen) atoms. The normalized spacial score (nSPS) is 10.7. The van der Waals surface area contributed by atoms with Crippen molar-refractivity contribution < 1.29 is 5.11 Å². The first-order chi connectivity index (χ1) is 9.86. The van der Waals surface area contributed by atoms with Crippen molar-refractivity contribution in [3.05, 3.63) is 71.9 Å². The van der Waals surface area contributed by atoms with Gasteiger partial charge in [-0.1, -0.05) is 30.3 Å². The summed E-state index contributed by atoms with van der Waals surface area (Å²) in [6.07, 6.45) is 1.80. The van der Waals surface area contributed by atoms with E-state index in [9.17, 15) is 5.11 Å². The van der Waals surface area contributed by atoms with E-state index < -0.39 is 0 Å². The van der Waals surface area contributed by atoms with Crippen molar-refractivity contribution in [1.82, 2.24) is 4.98 Å². The molecule has 0 fully saturated rings. The lowest BCUT2D eigenvalue weighted by atomic mass is 10.1. The van der Waals surface area contributed by atoms with Crippen LogP contribution in [0.3, 0.4) is 0 Å². The minimum Gasteiger partial charge on any atom is -0.392 e. The van der Waals surface area contributed by atoms with Crippen LogP contribution in [0.2, 0.25) is 0 Å². The first-order valence-electron chi connectivity index (χ1n) is 6.63. The Morgan fingerprint density at radius 3 is 2.80 bits per heavy atom. The Kier molecular flexibility index (Phi) is 3.61. The lowest BCUT2D eigenvalue weighted by Gasteiger charge is -2.10. The predicted octanol–water partition coefficient (Wildman–Crippen LogP) is 3.34. The van der Waals surface area contributed by atoms with Crippen LogP contribution in [0.4, 0.5) is 5.69 Å². The van der Waals surface area contributed by atoms with E-state index in [1.54, 1.807) is 6.20 Å². The fraction of sp³-hybridized carbons (Fsp3) is 0.118. The molecule has 100 valence electrons. The molecule has 0 saturated heterocycles. The van der Waals surface area contributed by atoms with Gasteiger partial charge in [-0.15, -0.1) is 0 Å². The summed E-state index contributed by atoms with van der Waals surface area (Å²) >= 11 is 0. The van der Waals surface area contributed by atoms with Crippen LogP contribution >= 0.6 is 0 Å². The van der Waals surface area contributed by atoms with Gasteiger partial charge in [-0.3, -0.25) is 4.98 Å². The molecule has 0 radical (unpaired) electrons. The maximum Gasteiger partial charge on any atom is 0.0702 e. The smallest absolute Gasteiger partial charge is 0.0702 e. The van der Waals surface area contributed by atoms with Crippen LogP contribution in [0, 0.1) is 0 Å². The van der Waals surface area contributed by atoms with Gasteiger partial charge in [0.05, 0.1) is 12.1 Å². The molecule has 3 rings (SSSR count). The topological polar surface area (TPSA) is 45.1 Å². The summed E-state index contributed by atoms with van der Waals surface area (Å²) in [6.45, 7) is 0.770. The number of hydrogen-bond donors (Lipinski definition) is 2. The minimum atomic E-state index is 0.0464. The van der Waals surface area contributed by atoms with E-state index >= 15 is 0 Å². The summed E-state index contributed by atoms with van der Waals surface area (Å²) in [6, 6.07) is 18.0. The van der Waals surface area contributed by atoms with Crippen molar-refractivity contribution in [3.63, 3.8) is 0 Å². The standard InChI is InChI=1S/C17H16N2O/c20-12-15-4-1-2-6-16(15)19-11-13-7-8-17-14(10-13)5-3-9-18-17/h1-10,19-20H,11-12H2. The fourth-order valence-electron chi connectivity index (χ4n) is 2.26. The number of anilines is 1. The van der Waals surface area contributed by atoms with Crippen LogP contribution in [0.1, 0.15) is 11.1 Å². The SMILES string of the molecule is OCc1ccccc1NCc1ccc2ncccc2c1. The first-order valence-corrected chi connectivity index (χ1v) is 6.63. The van der Waals surface area contributed by atoms with Gasteiger partial charge in [0.15, 0.2) is 0 Å². The Morgan fingerprint density at radius 2 is 1.90 bits per heavy atom. The molecule has 0 bridgehead atoms. The summed E-state index contributed by atoms with van der Waals surface area (Å²) < 4.78 is 0. The molecule has 0 aliphatic carbocycles. The molecule has 0 spiro atoms. The van der Waals surface area contributed by atoms with Crippen molar-refractivity contribution in [1.29, 1.82) is 0 Å². The van der Waals surface area contributed by atoms with E-state index in [2.05, 4.69) is 28.5 Å². The van der Waals surface area contributed by atoms with Crippen LogP contribution in [0.15, 0.2) is 60.8 Å². The van der Waals surface area contributed by atoms with Gasteiger partial charge >= 0.3 is 0 Å². The van der Waals surface area contributed by atoms with E-state index in [4.69, 9.17) is 0 Å². The maximum absolute atomic E-state index is 9.31. The third-order valence-corrected chi connectivity index (χ3v) is 3.34. The summed E-state index contributed by atoms with van der Waals surface area (Å²) in [4.78, 5) is 4.31. The quantitative estimate of drug-likeness (QED) is 0.759. The van der Waals surface area contributed by atoms with Crippen LogP contribution in [0.25, 0.3) is 10.9 Å². The van der Waals surface area contributed by atoms with Gasteiger partial charge in [-0.25, -0.2) is 0 Å². The molecule has 0 aliphatic rings. The summed E-state index contributed by atoms with van der Waals surface area (Å²) in [7, 11) is 0. The second-order valence-corrected chi connectivity index (χ2v) is 4.70. The molecule has 1 aromatic heterocycles. The number of nitrogens with zero attached hydrogens (tertiary/aromatic N) is 1. The highest BCUT2D eigenvalue weighted by Crippen LogP contribution is 2.18. The number of rotatable bonds is 4. The van der Waals surface area contributed by atoms with E-state index in [1.807, 2.05) is 36.4 Å². The van der Waals surface area contributed by atoms with Crippen molar-refractivity contribution in [3.8, 4) is 0 Å². The highest BCUT2D eigenvalue weighted by atomic mass is 16.3. The Morgan fingerprint density at radius 1 is 1.00 bits per heavy atom. The van der Waals surface area contributed by atoms with Gasteiger partial charge in [0.1, 0.15) is 0 Å². The average molecular weight is 264 g/mol. The van der Waals surface area contributed by atoms with Gasteiger partial charge in [0, 0.05) is 29.4 Å². The Balaban J connectivity index is 1.79. The second kappa shape index (κ2) is 5.72. The lowest BCUT2D eigenvalue weighted by molar-refractivity contribution is 0.282. The molecule has 1 heterocycles. The molecule has 3 nitrogen and oxygen atoms in total. The molecule has 3 aromatic rings. The van der Waals surface area contributed by atoms with Gasteiger partial charge in [-0.2, -0.15) is 0 Å². The zero-order valence-electron chi connectivity index (χ0n) is 11.1. The maximum atomic E-state index is 9.31. The van der Waals surface area contributed by atoms with E-state index in [-0.39, 0.29) is 6.61 Å². The monoisotopic (exact) mass is 264 g/mol. The Hall–Kier alpha value is -2.39. The first kappa shape index (κ1) is 12.6. The van der Waals surface area contributed by atoms with Gasteiger partial charge in [0.2, 0.25) is 0 Å². The molecule has 0 saturated carbocycles. The summed E-state index contributed by atoms with van der Waals surface area (Å²) in [5.41, 5.74) is 4.08. The van der Waals surface area contributed by atoms with Crippen LogP contribution in [-0.2, 0) is 13.2 Å². The zero-order valence-corrected chi connectivity index (χ0v) is 11.1. The molecule has 0 atom stereocenters. The molecule has 0 aliphatic heterocycles. The fourth-order valence-corrected chi connectivity index (χ4v) is 2.26. The highest BCUT2D eigenvalue weighted by molar-refractivity contribution is 5.79. The number of fused-ring (bicyclic) bond motifs is 1. The Bertz CT molecular complexity index is 725. The molecule has 2 N–H and O–H groups in total. The van der Waals surface area contributed by atoms with E-state index in [0.29, 0.717) is 0 Å². The molecule has 0 unspecified atom stereocenters. The zero-order chi connectivity index (χ0) is 13.8. The molecule has 3 heteroatoms. The van der Waals surface area contributed by atoms with Gasteiger partial charge in [-0.05, 0) is 29.8 Å². The third-order valence-electron chi connectivity index (χ3n) is 3.34. The summed E-state index contributed by atoms with van der Waals surface area (Å²) in [5, 5.41) is 13.8. The number of para-hydroxylation sites is 1. The number of aromatic nitrogens is 1. The van der Waals surface area contributed by atoms with Gasteiger partial charge in [0.25, 0.3) is 0 Å². The van der Waals surface area contributed by atoms with Gasteiger partial charge < -0.3 is 10.4 Å². The number of nitrogens with one attached hydrogen (secondary N) is 1. The van der Waals surface area contributed by atoms with E-state index in [0.717, 1.165) is 28.7 Å². The third kappa shape index (κ3) is 2.63. The second-order valence-electron chi connectivity index (χ2n) is 4.70. The lowest BCUT2D eigenvalue weighted by Crippen LogP contribution is -2.02. The van der Waals surface area contributed by atoms with E-state index in [1.165, 1.54) is 5.56 Å². The minimum absolute atomic E-state index is 0.0464. The van der Waals surface area contributed by atoms with Crippen LogP contribution < -0.4 is 5.32 Å². The average Bonchev–Trinajstić information content (AvgIpc) is 2.53. The van der Waals surface area contributed by atoms with Crippen molar-refractivity contribution in [2.45, 2.75) is 13.2 Å². The number of hydrogen-bond acceptors (Lipinski definition) is 3. The number of aliphatic hydroxyl groups is 1. The number of benzene rings is 2. The molecular formula is C17H16N2O. The van der Waals surface area contributed by atoms with Crippen LogP contribution in [0.5, 0.6) is 0 Å². The largest absolute Gasteiger partial charge is 0.392 e. The number of pyridine rings is 1. The molecular weight excluding hydrogens is 248 g/mol.